The van der Waals surface area contributed by atoms with Gasteiger partial charge < -0.3 is 14.5 Å². The van der Waals surface area contributed by atoms with Gasteiger partial charge >= 0.3 is 0 Å². The summed E-state index contributed by atoms with van der Waals surface area (Å²) in [6.07, 6.45) is 7.52. The van der Waals surface area contributed by atoms with Crippen molar-refractivity contribution in [2.75, 3.05) is 26.7 Å². The molecule has 2 amide bonds. The third kappa shape index (κ3) is 3.22. The lowest BCUT2D eigenvalue weighted by Crippen LogP contribution is -2.55. The summed E-state index contributed by atoms with van der Waals surface area (Å²) in [4.78, 5) is 33.3. The second kappa shape index (κ2) is 6.32. The van der Waals surface area contributed by atoms with Crippen LogP contribution in [0.4, 0.5) is 0 Å². The van der Waals surface area contributed by atoms with E-state index in [1.54, 1.807) is 25.4 Å². The Morgan fingerprint density at radius 2 is 2.16 bits per heavy atom. The van der Waals surface area contributed by atoms with Gasteiger partial charge in [0.25, 0.3) is 5.91 Å². The van der Waals surface area contributed by atoms with Gasteiger partial charge in [0.1, 0.15) is 0 Å². The van der Waals surface area contributed by atoms with Crippen molar-refractivity contribution in [3.63, 3.8) is 0 Å². The van der Waals surface area contributed by atoms with Crippen LogP contribution in [0.3, 0.4) is 0 Å². The number of ether oxygens (including phenoxy) is 1. The van der Waals surface area contributed by atoms with Crippen molar-refractivity contribution in [2.24, 2.45) is 5.41 Å². The second-order valence-corrected chi connectivity index (χ2v) is 7.67. The van der Waals surface area contributed by atoms with Gasteiger partial charge in [-0.2, -0.15) is 0 Å². The Morgan fingerprint density at radius 3 is 2.92 bits per heavy atom. The first-order chi connectivity index (χ1) is 12.1. The SMILES string of the molecule is COc1cc(C(=O)N2CCC[C@@]3(CCC(=O)N(C4CC4)C3)C2)ccn1. The Labute approximate surface area is 148 Å². The van der Waals surface area contributed by atoms with Crippen molar-refractivity contribution in [2.45, 2.75) is 44.6 Å². The fourth-order valence-electron chi connectivity index (χ4n) is 4.31. The maximum atomic E-state index is 12.9. The van der Waals surface area contributed by atoms with Crippen molar-refractivity contribution in [3.8, 4) is 5.88 Å². The van der Waals surface area contributed by atoms with E-state index in [4.69, 9.17) is 4.74 Å². The molecule has 2 saturated heterocycles. The van der Waals surface area contributed by atoms with Crippen LogP contribution in [0, 0.1) is 5.41 Å². The summed E-state index contributed by atoms with van der Waals surface area (Å²) in [5, 5.41) is 0. The van der Waals surface area contributed by atoms with Crippen LogP contribution < -0.4 is 4.74 Å². The molecule has 6 heteroatoms. The van der Waals surface area contributed by atoms with E-state index in [0.29, 0.717) is 29.8 Å². The van der Waals surface area contributed by atoms with Crippen LogP contribution in [0.2, 0.25) is 0 Å². The molecule has 4 rings (SSSR count). The molecule has 1 spiro atoms. The van der Waals surface area contributed by atoms with E-state index in [-0.39, 0.29) is 11.3 Å². The molecule has 2 aliphatic heterocycles. The van der Waals surface area contributed by atoms with Crippen LogP contribution in [0.1, 0.15) is 48.9 Å². The third-order valence-corrected chi connectivity index (χ3v) is 5.82. The average molecular weight is 343 g/mol. The standard InChI is InChI=1S/C19H25N3O3/c1-25-16-11-14(6-9-20-16)18(24)21-10-2-7-19(12-21)8-5-17(23)22(13-19)15-3-4-15/h6,9,11,15H,2-5,7-8,10,12-13H2,1H3/t19-/m1/s1. The van der Waals surface area contributed by atoms with Crippen molar-refractivity contribution in [1.82, 2.24) is 14.8 Å². The molecule has 3 fully saturated rings. The van der Waals surface area contributed by atoms with E-state index in [1.165, 1.54) is 0 Å². The highest BCUT2D eigenvalue weighted by molar-refractivity contribution is 5.94. The zero-order valence-electron chi connectivity index (χ0n) is 14.7. The van der Waals surface area contributed by atoms with E-state index in [0.717, 1.165) is 51.7 Å². The minimum atomic E-state index is 0.0367. The molecular weight excluding hydrogens is 318 g/mol. The van der Waals surface area contributed by atoms with Gasteiger partial charge in [-0.1, -0.05) is 0 Å². The Morgan fingerprint density at radius 1 is 1.32 bits per heavy atom. The Balaban J connectivity index is 1.50. The molecule has 1 aromatic rings. The number of carbonyl (C=O) groups is 2. The lowest BCUT2D eigenvalue weighted by Gasteiger charge is -2.48. The monoisotopic (exact) mass is 343 g/mol. The number of rotatable bonds is 3. The highest BCUT2D eigenvalue weighted by atomic mass is 16.5. The van der Waals surface area contributed by atoms with Crippen LogP contribution >= 0.6 is 0 Å². The molecular formula is C19H25N3O3. The summed E-state index contributed by atoms with van der Waals surface area (Å²) < 4.78 is 5.14. The molecule has 1 aromatic heterocycles. The molecule has 3 heterocycles. The minimum Gasteiger partial charge on any atom is -0.481 e. The number of carbonyl (C=O) groups excluding carboxylic acids is 2. The zero-order chi connectivity index (χ0) is 17.4. The number of likely N-dealkylation sites (tertiary alicyclic amines) is 2. The lowest BCUT2D eigenvalue weighted by molar-refractivity contribution is -0.139. The first kappa shape index (κ1) is 16.4. The van der Waals surface area contributed by atoms with Gasteiger partial charge in [0, 0.05) is 55.3 Å². The topological polar surface area (TPSA) is 62.7 Å². The predicted octanol–water partition coefficient (Wildman–Crippen LogP) is 2.10. The number of methoxy groups -OCH3 is 1. The molecule has 1 saturated carbocycles. The summed E-state index contributed by atoms with van der Waals surface area (Å²) in [5.74, 6) is 0.797. The van der Waals surface area contributed by atoms with Crippen LogP contribution in [-0.4, -0.2) is 59.4 Å². The number of hydrogen-bond donors (Lipinski definition) is 0. The largest absolute Gasteiger partial charge is 0.481 e. The van der Waals surface area contributed by atoms with E-state index >= 15 is 0 Å². The average Bonchev–Trinajstić information content (AvgIpc) is 3.49. The van der Waals surface area contributed by atoms with Gasteiger partial charge in [-0.15, -0.1) is 0 Å². The number of pyridine rings is 1. The molecule has 1 aliphatic carbocycles. The van der Waals surface area contributed by atoms with Gasteiger partial charge in [-0.3, -0.25) is 9.59 Å². The van der Waals surface area contributed by atoms with E-state index < -0.39 is 0 Å². The maximum absolute atomic E-state index is 12.9. The highest BCUT2D eigenvalue weighted by Gasteiger charge is 2.46. The molecule has 25 heavy (non-hydrogen) atoms. The first-order valence-corrected chi connectivity index (χ1v) is 9.19. The molecule has 0 radical (unpaired) electrons. The summed E-state index contributed by atoms with van der Waals surface area (Å²) in [5.41, 5.74) is 0.691. The smallest absolute Gasteiger partial charge is 0.254 e. The van der Waals surface area contributed by atoms with Crippen molar-refractivity contribution in [1.29, 1.82) is 0 Å². The molecule has 134 valence electrons. The van der Waals surface area contributed by atoms with Crippen molar-refractivity contribution >= 4 is 11.8 Å². The minimum absolute atomic E-state index is 0.0367. The quantitative estimate of drug-likeness (QED) is 0.843. The van der Waals surface area contributed by atoms with Crippen molar-refractivity contribution in [3.05, 3.63) is 23.9 Å². The van der Waals surface area contributed by atoms with E-state index in [2.05, 4.69) is 9.88 Å². The Hall–Kier alpha value is -2.11. The van der Waals surface area contributed by atoms with Crippen LogP contribution in [0.25, 0.3) is 0 Å². The van der Waals surface area contributed by atoms with E-state index in [9.17, 15) is 9.59 Å². The zero-order valence-corrected chi connectivity index (χ0v) is 14.7. The number of amides is 2. The molecule has 3 aliphatic rings. The van der Waals surface area contributed by atoms with Gasteiger partial charge in [0.05, 0.1) is 7.11 Å². The molecule has 6 nitrogen and oxygen atoms in total. The van der Waals surface area contributed by atoms with Crippen molar-refractivity contribution < 1.29 is 14.3 Å². The van der Waals surface area contributed by atoms with E-state index in [1.807, 2.05) is 4.90 Å². The molecule has 0 N–H and O–H groups in total. The molecule has 1 atom stereocenters. The van der Waals surface area contributed by atoms with Crippen LogP contribution in [0.15, 0.2) is 18.3 Å². The summed E-state index contributed by atoms with van der Waals surface area (Å²) >= 11 is 0. The highest BCUT2D eigenvalue weighted by Crippen LogP contribution is 2.42. The maximum Gasteiger partial charge on any atom is 0.254 e. The lowest BCUT2D eigenvalue weighted by atomic mass is 9.73. The summed E-state index contributed by atoms with van der Waals surface area (Å²) in [7, 11) is 1.55. The summed E-state index contributed by atoms with van der Waals surface area (Å²) in [6.45, 7) is 2.34. The fraction of sp³-hybridized carbons (Fsp3) is 0.632. The number of hydrogen-bond acceptors (Lipinski definition) is 4. The second-order valence-electron chi connectivity index (χ2n) is 7.67. The first-order valence-electron chi connectivity index (χ1n) is 9.19. The number of piperidine rings is 2. The predicted molar refractivity (Wildman–Crippen MR) is 92.3 cm³/mol. The number of aromatic nitrogens is 1. The van der Waals surface area contributed by atoms with Gasteiger partial charge in [0.2, 0.25) is 11.8 Å². The van der Waals surface area contributed by atoms with Gasteiger partial charge in [0.15, 0.2) is 0 Å². The Bertz CT molecular complexity index is 688. The Kier molecular flexibility index (Phi) is 4.13. The normalized spacial score (nSPS) is 26.8. The molecule has 0 bridgehead atoms. The van der Waals surface area contributed by atoms with Gasteiger partial charge in [-0.05, 0) is 38.2 Å². The van der Waals surface area contributed by atoms with Crippen LogP contribution in [0.5, 0.6) is 5.88 Å². The third-order valence-electron chi connectivity index (χ3n) is 5.82. The molecule has 0 aromatic carbocycles. The van der Waals surface area contributed by atoms with Gasteiger partial charge in [-0.25, -0.2) is 4.98 Å². The fourth-order valence-corrected chi connectivity index (χ4v) is 4.31. The summed E-state index contributed by atoms with van der Waals surface area (Å²) in [6, 6.07) is 3.90. The number of nitrogens with zero attached hydrogens (tertiary/aromatic N) is 3. The van der Waals surface area contributed by atoms with Crippen LogP contribution in [-0.2, 0) is 4.79 Å². The molecule has 0 unspecified atom stereocenters.